The Bertz CT molecular complexity index is 559. The first-order chi connectivity index (χ1) is 9.19. The molecule has 0 aliphatic heterocycles. The molecule has 2 N–H and O–H groups in total. The van der Waals surface area contributed by atoms with Crippen LogP contribution in [0.5, 0.6) is 0 Å². The molecule has 0 unspecified atom stereocenters. The number of hydrogen-bond donors (Lipinski definition) is 2. The van der Waals surface area contributed by atoms with Gasteiger partial charge in [0, 0.05) is 30.9 Å². The summed E-state index contributed by atoms with van der Waals surface area (Å²) in [7, 11) is 0. The van der Waals surface area contributed by atoms with E-state index >= 15 is 0 Å². The SMILES string of the molecule is CCC(=O)Cc1ccc(NC(=O)c2ncc[nH]2)cc1. The normalized spacial score (nSPS) is 10.2. The number of Topliss-reactive ketones (excluding diaryl/α,β-unsaturated/α-hetero) is 1. The minimum atomic E-state index is -0.289. The zero-order chi connectivity index (χ0) is 13.7. The summed E-state index contributed by atoms with van der Waals surface area (Å²) in [6.07, 6.45) is 4.09. The fourth-order valence-electron chi connectivity index (χ4n) is 1.64. The molecule has 0 saturated heterocycles. The number of carbonyl (C=O) groups is 2. The number of anilines is 1. The number of carbonyl (C=O) groups excluding carboxylic acids is 2. The molecule has 0 spiro atoms. The summed E-state index contributed by atoms with van der Waals surface area (Å²) in [6.45, 7) is 1.85. The van der Waals surface area contributed by atoms with Crippen LogP contribution in [0.3, 0.4) is 0 Å². The van der Waals surface area contributed by atoms with E-state index in [1.165, 1.54) is 6.20 Å². The molecule has 2 aromatic rings. The van der Waals surface area contributed by atoms with Crippen LogP contribution >= 0.6 is 0 Å². The highest BCUT2D eigenvalue weighted by Crippen LogP contribution is 2.11. The quantitative estimate of drug-likeness (QED) is 0.862. The Morgan fingerprint density at radius 2 is 2.00 bits per heavy atom. The van der Waals surface area contributed by atoms with E-state index in [1.807, 2.05) is 19.1 Å². The van der Waals surface area contributed by atoms with Crippen LogP contribution in [0.4, 0.5) is 5.69 Å². The maximum absolute atomic E-state index is 11.7. The lowest BCUT2D eigenvalue weighted by atomic mass is 10.1. The highest BCUT2D eigenvalue weighted by Gasteiger charge is 2.08. The van der Waals surface area contributed by atoms with Crippen LogP contribution in [0.15, 0.2) is 36.7 Å². The molecule has 0 fully saturated rings. The van der Waals surface area contributed by atoms with E-state index in [2.05, 4.69) is 15.3 Å². The van der Waals surface area contributed by atoms with Crippen molar-refractivity contribution in [3.63, 3.8) is 0 Å². The zero-order valence-electron chi connectivity index (χ0n) is 10.6. The molecule has 1 aromatic heterocycles. The van der Waals surface area contributed by atoms with Crippen molar-refractivity contribution in [3.05, 3.63) is 48.0 Å². The van der Waals surface area contributed by atoms with Crippen LogP contribution in [0.2, 0.25) is 0 Å². The van der Waals surface area contributed by atoms with Gasteiger partial charge in [0.1, 0.15) is 5.78 Å². The molecule has 0 saturated carbocycles. The highest BCUT2D eigenvalue weighted by molar-refractivity contribution is 6.01. The van der Waals surface area contributed by atoms with E-state index in [-0.39, 0.29) is 17.5 Å². The van der Waals surface area contributed by atoms with Gasteiger partial charge in [-0.3, -0.25) is 9.59 Å². The van der Waals surface area contributed by atoms with Crippen molar-refractivity contribution < 1.29 is 9.59 Å². The van der Waals surface area contributed by atoms with E-state index in [4.69, 9.17) is 0 Å². The second-order valence-electron chi connectivity index (χ2n) is 4.16. The van der Waals surface area contributed by atoms with Crippen molar-refractivity contribution in [2.75, 3.05) is 5.32 Å². The summed E-state index contributed by atoms with van der Waals surface area (Å²) in [6, 6.07) is 7.23. The third-order valence-corrected chi connectivity index (χ3v) is 2.72. The minimum Gasteiger partial charge on any atom is -0.341 e. The molecule has 0 atom stereocenters. The molecule has 0 aliphatic carbocycles. The molecule has 1 amide bonds. The first-order valence-corrected chi connectivity index (χ1v) is 6.10. The van der Waals surface area contributed by atoms with Crippen molar-refractivity contribution in [2.24, 2.45) is 0 Å². The summed E-state index contributed by atoms with van der Waals surface area (Å²) in [5.41, 5.74) is 1.62. The number of aromatic amines is 1. The van der Waals surface area contributed by atoms with Crippen LogP contribution in [0.1, 0.15) is 29.5 Å². The lowest BCUT2D eigenvalue weighted by molar-refractivity contribution is -0.118. The molecule has 2 rings (SSSR count). The van der Waals surface area contributed by atoms with Gasteiger partial charge in [0.05, 0.1) is 0 Å². The molecule has 98 valence electrons. The monoisotopic (exact) mass is 257 g/mol. The summed E-state index contributed by atoms with van der Waals surface area (Å²) in [5.74, 6) is 0.181. The number of amides is 1. The van der Waals surface area contributed by atoms with E-state index in [0.717, 1.165) is 5.56 Å². The summed E-state index contributed by atoms with van der Waals surface area (Å²) in [4.78, 5) is 29.6. The number of aromatic nitrogens is 2. The van der Waals surface area contributed by atoms with Gasteiger partial charge in [0.2, 0.25) is 0 Å². The summed E-state index contributed by atoms with van der Waals surface area (Å²) < 4.78 is 0. The van der Waals surface area contributed by atoms with Crippen molar-refractivity contribution in [3.8, 4) is 0 Å². The Kier molecular flexibility index (Phi) is 4.07. The van der Waals surface area contributed by atoms with Crippen LogP contribution in [-0.4, -0.2) is 21.7 Å². The molecule has 5 nitrogen and oxygen atoms in total. The number of hydrogen-bond acceptors (Lipinski definition) is 3. The minimum absolute atomic E-state index is 0.201. The number of benzene rings is 1. The Morgan fingerprint density at radius 1 is 1.26 bits per heavy atom. The molecule has 0 radical (unpaired) electrons. The molecule has 0 aliphatic rings. The van der Waals surface area contributed by atoms with Gasteiger partial charge in [-0.2, -0.15) is 0 Å². The number of nitrogens with zero attached hydrogens (tertiary/aromatic N) is 1. The third-order valence-electron chi connectivity index (χ3n) is 2.72. The van der Waals surface area contributed by atoms with Gasteiger partial charge in [0.15, 0.2) is 5.82 Å². The van der Waals surface area contributed by atoms with Crippen molar-refractivity contribution in [2.45, 2.75) is 19.8 Å². The number of imidazole rings is 1. The van der Waals surface area contributed by atoms with E-state index in [0.29, 0.717) is 18.5 Å². The topological polar surface area (TPSA) is 74.8 Å². The number of nitrogens with one attached hydrogen (secondary N) is 2. The van der Waals surface area contributed by atoms with Gasteiger partial charge in [-0.1, -0.05) is 19.1 Å². The molecule has 1 heterocycles. The number of H-pyrrole nitrogens is 1. The summed E-state index contributed by atoms with van der Waals surface area (Å²) >= 11 is 0. The van der Waals surface area contributed by atoms with Gasteiger partial charge >= 0.3 is 0 Å². The molecule has 19 heavy (non-hydrogen) atoms. The van der Waals surface area contributed by atoms with Crippen LogP contribution < -0.4 is 5.32 Å². The van der Waals surface area contributed by atoms with Gasteiger partial charge in [-0.25, -0.2) is 4.98 Å². The average molecular weight is 257 g/mol. The molecule has 5 heteroatoms. The van der Waals surface area contributed by atoms with Crippen LogP contribution in [-0.2, 0) is 11.2 Å². The van der Waals surface area contributed by atoms with Gasteiger partial charge < -0.3 is 10.3 Å². The molecule has 0 bridgehead atoms. The number of ketones is 1. The summed E-state index contributed by atoms with van der Waals surface area (Å²) in [5, 5.41) is 2.72. The van der Waals surface area contributed by atoms with Gasteiger partial charge in [-0.15, -0.1) is 0 Å². The fourth-order valence-corrected chi connectivity index (χ4v) is 1.64. The Labute approximate surface area is 111 Å². The standard InChI is InChI=1S/C14H15N3O2/c1-2-12(18)9-10-3-5-11(6-4-10)17-14(19)13-15-7-8-16-13/h3-8H,2,9H2,1H3,(H,15,16)(H,17,19). The van der Waals surface area contributed by atoms with Gasteiger partial charge in [0.25, 0.3) is 5.91 Å². The molecular weight excluding hydrogens is 242 g/mol. The Balaban J connectivity index is 1.99. The maximum atomic E-state index is 11.7. The van der Waals surface area contributed by atoms with Crippen LogP contribution in [0, 0.1) is 0 Å². The lowest BCUT2D eigenvalue weighted by Crippen LogP contribution is -2.13. The molecule has 1 aromatic carbocycles. The third kappa shape index (κ3) is 3.51. The predicted octanol–water partition coefficient (Wildman–Crippen LogP) is 2.18. The zero-order valence-corrected chi connectivity index (χ0v) is 10.6. The van der Waals surface area contributed by atoms with E-state index in [9.17, 15) is 9.59 Å². The maximum Gasteiger partial charge on any atom is 0.291 e. The fraction of sp³-hybridized carbons (Fsp3) is 0.214. The average Bonchev–Trinajstić information content (AvgIpc) is 2.95. The first-order valence-electron chi connectivity index (χ1n) is 6.10. The lowest BCUT2D eigenvalue weighted by Gasteiger charge is -2.04. The smallest absolute Gasteiger partial charge is 0.291 e. The molecular formula is C14H15N3O2. The van der Waals surface area contributed by atoms with Crippen LogP contribution in [0.25, 0.3) is 0 Å². The van der Waals surface area contributed by atoms with E-state index < -0.39 is 0 Å². The second-order valence-corrected chi connectivity index (χ2v) is 4.16. The largest absolute Gasteiger partial charge is 0.341 e. The Hall–Kier alpha value is -2.43. The number of rotatable bonds is 5. The first kappa shape index (κ1) is 13.0. The Morgan fingerprint density at radius 3 is 2.58 bits per heavy atom. The van der Waals surface area contributed by atoms with Crippen molar-refractivity contribution in [1.82, 2.24) is 9.97 Å². The highest BCUT2D eigenvalue weighted by atomic mass is 16.2. The predicted molar refractivity (Wildman–Crippen MR) is 72.0 cm³/mol. The second kappa shape index (κ2) is 5.95. The van der Waals surface area contributed by atoms with Crippen molar-refractivity contribution >= 4 is 17.4 Å². The van der Waals surface area contributed by atoms with Crippen molar-refractivity contribution in [1.29, 1.82) is 0 Å². The van der Waals surface area contributed by atoms with E-state index in [1.54, 1.807) is 18.3 Å². The van der Waals surface area contributed by atoms with Gasteiger partial charge in [-0.05, 0) is 17.7 Å².